The van der Waals surface area contributed by atoms with Gasteiger partial charge in [-0.1, -0.05) is 27.5 Å². The number of hydrogen-bond acceptors (Lipinski definition) is 3. The second kappa shape index (κ2) is 6.41. The lowest BCUT2D eigenvalue weighted by Crippen LogP contribution is -2.12. The van der Waals surface area contributed by atoms with E-state index >= 15 is 0 Å². The Bertz CT molecular complexity index is 785. The highest BCUT2D eigenvalue weighted by Gasteiger charge is 2.10. The zero-order chi connectivity index (χ0) is 15.4. The number of halogens is 2. The Morgan fingerprint density at radius 2 is 1.81 bits per heavy atom. The second-order valence-corrected chi connectivity index (χ2v) is 5.45. The lowest BCUT2D eigenvalue weighted by atomic mass is 10.1. The van der Waals surface area contributed by atoms with Gasteiger partial charge in [0.05, 0.1) is 11.1 Å². The van der Waals surface area contributed by atoms with Crippen molar-refractivity contribution < 1.29 is 4.79 Å². The van der Waals surface area contributed by atoms with Crippen molar-refractivity contribution in [1.82, 2.24) is 0 Å². The summed E-state index contributed by atoms with van der Waals surface area (Å²) in [7, 11) is 0. The summed E-state index contributed by atoms with van der Waals surface area (Å²) >= 11 is 9.16. The van der Waals surface area contributed by atoms with Gasteiger partial charge in [0, 0.05) is 20.7 Å². The monoisotopic (exact) mass is 359 g/mol. The maximum Gasteiger partial charge on any atom is 0.255 e. The highest BCUT2D eigenvalue weighted by atomic mass is 79.9. The van der Waals surface area contributed by atoms with Crippen LogP contribution in [0.3, 0.4) is 0 Å². The molecule has 2 aromatic rings. The molecule has 6 heteroatoms. The van der Waals surface area contributed by atoms with Crippen molar-refractivity contribution in [3.63, 3.8) is 0 Å². The van der Waals surface area contributed by atoms with Gasteiger partial charge in [-0.05, 0) is 36.4 Å². The van der Waals surface area contributed by atoms with Gasteiger partial charge in [-0.3, -0.25) is 4.79 Å². The molecule has 0 fully saturated rings. The van der Waals surface area contributed by atoms with Crippen LogP contribution in [0.25, 0.3) is 0 Å². The Morgan fingerprint density at radius 1 is 1.10 bits per heavy atom. The summed E-state index contributed by atoms with van der Waals surface area (Å²) in [6, 6.07) is 13.2. The van der Waals surface area contributed by atoms with Crippen molar-refractivity contribution in [2.24, 2.45) is 0 Å². The molecule has 2 aromatic carbocycles. The van der Waals surface area contributed by atoms with Gasteiger partial charge in [0.25, 0.3) is 5.91 Å². The third-order valence-electron chi connectivity index (χ3n) is 2.64. The molecular formula is C15H7BrClN3O. The minimum atomic E-state index is -0.355. The van der Waals surface area contributed by atoms with Gasteiger partial charge < -0.3 is 5.32 Å². The molecule has 0 saturated heterocycles. The lowest BCUT2D eigenvalue weighted by Gasteiger charge is -2.07. The average molecular weight is 361 g/mol. The maximum atomic E-state index is 12.1. The molecule has 0 unspecified atom stereocenters. The number of benzene rings is 2. The molecule has 0 heterocycles. The van der Waals surface area contributed by atoms with Crippen LogP contribution in [0.15, 0.2) is 40.9 Å². The number of carbonyl (C=O) groups is 1. The SMILES string of the molecule is N#Cc1ccc(NC(=O)c2cc(Cl)cc(Br)c2)cc1C#N. The van der Waals surface area contributed by atoms with Crippen LogP contribution in [0.4, 0.5) is 5.69 Å². The standard InChI is InChI=1S/C15H7BrClN3O/c16-12-3-10(4-13(17)6-12)15(21)20-14-2-1-9(7-18)11(5-14)8-19/h1-6H,(H,20,21). The van der Waals surface area contributed by atoms with Crippen LogP contribution in [0.1, 0.15) is 21.5 Å². The second-order valence-electron chi connectivity index (χ2n) is 4.10. The minimum absolute atomic E-state index is 0.211. The first kappa shape index (κ1) is 15.1. The fourth-order valence-electron chi connectivity index (χ4n) is 1.70. The Balaban J connectivity index is 2.28. The van der Waals surface area contributed by atoms with Gasteiger partial charge in [0.2, 0.25) is 0 Å². The van der Waals surface area contributed by atoms with E-state index in [4.69, 9.17) is 22.1 Å². The third kappa shape index (κ3) is 3.61. The topological polar surface area (TPSA) is 76.7 Å². The van der Waals surface area contributed by atoms with E-state index in [1.54, 1.807) is 18.2 Å². The van der Waals surface area contributed by atoms with E-state index in [9.17, 15) is 4.79 Å². The quantitative estimate of drug-likeness (QED) is 0.876. The predicted octanol–water partition coefficient (Wildman–Crippen LogP) is 4.10. The number of carbonyl (C=O) groups excluding carboxylic acids is 1. The zero-order valence-corrected chi connectivity index (χ0v) is 12.9. The van der Waals surface area contributed by atoms with Crippen LogP contribution < -0.4 is 5.32 Å². The molecule has 2 rings (SSSR count). The number of amides is 1. The highest BCUT2D eigenvalue weighted by Crippen LogP contribution is 2.21. The summed E-state index contributed by atoms with van der Waals surface area (Å²) in [6.07, 6.45) is 0. The Kier molecular flexibility index (Phi) is 4.59. The lowest BCUT2D eigenvalue weighted by molar-refractivity contribution is 0.102. The third-order valence-corrected chi connectivity index (χ3v) is 3.32. The van der Waals surface area contributed by atoms with E-state index in [1.165, 1.54) is 18.2 Å². The number of nitrogens with one attached hydrogen (secondary N) is 1. The normalized spacial score (nSPS) is 9.52. The van der Waals surface area contributed by atoms with Crippen LogP contribution in [0.2, 0.25) is 5.02 Å². The first-order valence-electron chi connectivity index (χ1n) is 5.75. The van der Waals surface area contributed by atoms with E-state index in [0.717, 1.165) is 0 Å². The molecule has 0 spiro atoms. The molecule has 1 amide bonds. The largest absolute Gasteiger partial charge is 0.322 e. The van der Waals surface area contributed by atoms with Gasteiger partial charge in [-0.15, -0.1) is 0 Å². The summed E-state index contributed by atoms with van der Waals surface area (Å²) < 4.78 is 0.692. The molecule has 0 aliphatic heterocycles. The van der Waals surface area contributed by atoms with Gasteiger partial charge >= 0.3 is 0 Å². The molecule has 0 atom stereocenters. The number of hydrogen-bond donors (Lipinski definition) is 1. The van der Waals surface area contributed by atoms with E-state index in [0.29, 0.717) is 20.7 Å². The molecule has 1 N–H and O–H groups in total. The van der Waals surface area contributed by atoms with Gasteiger partial charge in [0.1, 0.15) is 12.1 Å². The molecule has 0 radical (unpaired) electrons. The molecule has 102 valence electrons. The van der Waals surface area contributed by atoms with Crippen LogP contribution in [0.5, 0.6) is 0 Å². The zero-order valence-electron chi connectivity index (χ0n) is 10.5. The Morgan fingerprint density at radius 3 is 2.43 bits per heavy atom. The van der Waals surface area contributed by atoms with Crippen LogP contribution in [-0.2, 0) is 0 Å². The van der Waals surface area contributed by atoms with E-state index in [-0.39, 0.29) is 17.0 Å². The van der Waals surface area contributed by atoms with Crippen LogP contribution in [0, 0.1) is 22.7 Å². The fraction of sp³-hybridized carbons (Fsp3) is 0. The first-order valence-corrected chi connectivity index (χ1v) is 6.92. The van der Waals surface area contributed by atoms with Crippen molar-refractivity contribution in [3.8, 4) is 12.1 Å². The maximum absolute atomic E-state index is 12.1. The molecule has 0 aliphatic rings. The molecule has 21 heavy (non-hydrogen) atoms. The predicted molar refractivity (Wildman–Crippen MR) is 83.0 cm³/mol. The number of anilines is 1. The summed E-state index contributed by atoms with van der Waals surface area (Å²) in [6.45, 7) is 0. The molecule has 0 aromatic heterocycles. The number of nitrogens with zero attached hydrogens (tertiary/aromatic N) is 2. The molecule has 0 bridgehead atoms. The number of nitriles is 2. The van der Waals surface area contributed by atoms with Crippen molar-refractivity contribution in [3.05, 3.63) is 62.6 Å². The number of rotatable bonds is 2. The summed E-state index contributed by atoms with van der Waals surface area (Å²) in [5.74, 6) is -0.355. The minimum Gasteiger partial charge on any atom is -0.322 e. The van der Waals surface area contributed by atoms with Crippen LogP contribution in [-0.4, -0.2) is 5.91 Å². The summed E-state index contributed by atoms with van der Waals surface area (Å²) in [4.78, 5) is 12.1. The van der Waals surface area contributed by atoms with E-state index < -0.39 is 0 Å². The van der Waals surface area contributed by atoms with Crippen LogP contribution >= 0.6 is 27.5 Å². The Labute approximate surface area is 134 Å². The molecular weight excluding hydrogens is 354 g/mol. The van der Waals surface area contributed by atoms with E-state index in [2.05, 4.69) is 21.2 Å². The van der Waals surface area contributed by atoms with Crippen molar-refractivity contribution in [1.29, 1.82) is 10.5 Å². The highest BCUT2D eigenvalue weighted by molar-refractivity contribution is 9.10. The summed E-state index contributed by atoms with van der Waals surface area (Å²) in [5, 5.41) is 20.9. The summed E-state index contributed by atoms with van der Waals surface area (Å²) in [5.41, 5.74) is 1.30. The Hall–Kier alpha value is -2.34. The molecule has 4 nitrogen and oxygen atoms in total. The van der Waals surface area contributed by atoms with Gasteiger partial charge in [-0.25, -0.2) is 0 Å². The molecule has 0 saturated carbocycles. The van der Waals surface area contributed by atoms with Crippen molar-refractivity contribution in [2.75, 3.05) is 5.32 Å². The van der Waals surface area contributed by atoms with Crippen molar-refractivity contribution >= 4 is 39.1 Å². The van der Waals surface area contributed by atoms with E-state index in [1.807, 2.05) is 12.1 Å². The van der Waals surface area contributed by atoms with Crippen molar-refractivity contribution in [2.45, 2.75) is 0 Å². The van der Waals surface area contributed by atoms with Gasteiger partial charge in [0.15, 0.2) is 0 Å². The fourth-order valence-corrected chi connectivity index (χ4v) is 2.56. The van der Waals surface area contributed by atoms with Gasteiger partial charge in [-0.2, -0.15) is 10.5 Å². The average Bonchev–Trinajstić information content (AvgIpc) is 2.46. The smallest absolute Gasteiger partial charge is 0.255 e. The first-order chi connectivity index (χ1) is 10.0. The molecule has 0 aliphatic carbocycles.